The topological polar surface area (TPSA) is 21.6 Å². The first-order chi connectivity index (χ1) is 12.6. The third-order valence-electron chi connectivity index (χ3n) is 5.58. The zero-order valence-electron chi connectivity index (χ0n) is 15.3. The Balaban J connectivity index is 1.61. The molecule has 26 heavy (non-hydrogen) atoms. The van der Waals surface area contributed by atoms with E-state index in [-0.39, 0.29) is 12.0 Å². The summed E-state index contributed by atoms with van der Waals surface area (Å²) >= 11 is 0. The van der Waals surface area contributed by atoms with Crippen LogP contribution in [0.5, 0.6) is 0 Å². The Hall–Kier alpha value is -2.87. The second-order valence-corrected chi connectivity index (χ2v) is 7.49. The SMILES string of the molecule is Cc1cc(C)c(C2=NOC3c4cc5ccccc5cc4C=CC23)c(C)c1. The monoisotopic (exact) mass is 339 g/mol. The van der Waals surface area contributed by atoms with Gasteiger partial charge < -0.3 is 4.84 Å². The molecule has 2 unspecified atom stereocenters. The van der Waals surface area contributed by atoms with E-state index in [1.54, 1.807) is 0 Å². The van der Waals surface area contributed by atoms with Crippen LogP contribution in [0.2, 0.25) is 0 Å². The molecule has 0 saturated carbocycles. The van der Waals surface area contributed by atoms with Gasteiger partial charge in [-0.15, -0.1) is 0 Å². The number of fused-ring (bicyclic) bond motifs is 4. The second kappa shape index (κ2) is 5.57. The van der Waals surface area contributed by atoms with Gasteiger partial charge >= 0.3 is 0 Å². The molecule has 0 radical (unpaired) electrons. The number of aryl methyl sites for hydroxylation is 3. The molecule has 0 saturated heterocycles. The van der Waals surface area contributed by atoms with Crippen molar-refractivity contribution in [3.63, 3.8) is 0 Å². The van der Waals surface area contributed by atoms with Crippen LogP contribution in [-0.4, -0.2) is 5.71 Å². The van der Waals surface area contributed by atoms with Gasteiger partial charge in [0.15, 0.2) is 6.10 Å². The predicted molar refractivity (Wildman–Crippen MR) is 107 cm³/mol. The van der Waals surface area contributed by atoms with E-state index < -0.39 is 0 Å². The third kappa shape index (κ3) is 2.22. The van der Waals surface area contributed by atoms with Crippen LogP contribution in [0.25, 0.3) is 16.8 Å². The average molecular weight is 339 g/mol. The molecule has 1 aliphatic carbocycles. The van der Waals surface area contributed by atoms with E-state index in [1.807, 2.05) is 0 Å². The Morgan fingerprint density at radius 1 is 0.885 bits per heavy atom. The normalized spacial score (nSPS) is 20.5. The third-order valence-corrected chi connectivity index (χ3v) is 5.58. The highest BCUT2D eigenvalue weighted by atomic mass is 16.6. The smallest absolute Gasteiger partial charge is 0.165 e. The average Bonchev–Trinajstić information content (AvgIpc) is 3.03. The minimum absolute atomic E-state index is 0.0327. The number of hydrogen-bond donors (Lipinski definition) is 0. The standard InChI is InChI=1S/C24H21NO/c1-14-10-15(2)22(16(3)11-14)23-20-9-8-19-12-17-6-4-5-7-18(17)13-21(19)24(20)26-25-23/h4-13,20,24H,1-3H3. The van der Waals surface area contributed by atoms with Crippen molar-refractivity contribution < 1.29 is 4.84 Å². The highest BCUT2D eigenvalue weighted by Gasteiger charge is 2.38. The molecular weight excluding hydrogens is 318 g/mol. The zero-order valence-corrected chi connectivity index (χ0v) is 15.3. The lowest BCUT2D eigenvalue weighted by molar-refractivity contribution is 0.0700. The fourth-order valence-electron chi connectivity index (χ4n) is 4.50. The Morgan fingerprint density at radius 3 is 2.31 bits per heavy atom. The van der Waals surface area contributed by atoms with Crippen LogP contribution in [0, 0.1) is 26.7 Å². The van der Waals surface area contributed by atoms with E-state index in [0.717, 1.165) is 5.71 Å². The molecule has 1 aliphatic heterocycles. The number of benzene rings is 3. The van der Waals surface area contributed by atoms with Crippen LogP contribution in [0.15, 0.2) is 59.8 Å². The van der Waals surface area contributed by atoms with E-state index in [0.29, 0.717) is 0 Å². The maximum atomic E-state index is 5.98. The summed E-state index contributed by atoms with van der Waals surface area (Å²) in [6.07, 6.45) is 4.45. The Kier molecular flexibility index (Phi) is 3.30. The summed E-state index contributed by atoms with van der Waals surface area (Å²) in [5.74, 6) is 0.170. The quantitative estimate of drug-likeness (QED) is 0.542. The van der Waals surface area contributed by atoms with Crippen molar-refractivity contribution >= 4 is 22.6 Å². The number of oxime groups is 1. The number of rotatable bonds is 1. The van der Waals surface area contributed by atoms with Crippen molar-refractivity contribution in [2.45, 2.75) is 26.9 Å². The summed E-state index contributed by atoms with van der Waals surface area (Å²) in [6, 6.07) is 17.5. The minimum Gasteiger partial charge on any atom is -0.386 e. The highest BCUT2D eigenvalue weighted by molar-refractivity contribution is 6.07. The van der Waals surface area contributed by atoms with Gasteiger partial charge in [0, 0.05) is 11.1 Å². The molecule has 0 aromatic heterocycles. The van der Waals surface area contributed by atoms with Gasteiger partial charge in [-0.1, -0.05) is 59.3 Å². The summed E-state index contributed by atoms with van der Waals surface area (Å²) in [6.45, 7) is 6.47. The fourth-order valence-corrected chi connectivity index (χ4v) is 4.50. The molecule has 2 heteroatoms. The van der Waals surface area contributed by atoms with E-state index in [2.05, 4.69) is 86.6 Å². The molecule has 2 atom stereocenters. The Morgan fingerprint density at radius 2 is 1.58 bits per heavy atom. The molecule has 0 fully saturated rings. The van der Waals surface area contributed by atoms with Crippen molar-refractivity contribution in [3.8, 4) is 0 Å². The fraction of sp³-hybridized carbons (Fsp3) is 0.208. The summed E-state index contributed by atoms with van der Waals surface area (Å²) in [5, 5.41) is 7.06. The molecule has 0 amide bonds. The van der Waals surface area contributed by atoms with Gasteiger partial charge in [-0.2, -0.15) is 0 Å². The van der Waals surface area contributed by atoms with Gasteiger partial charge in [-0.25, -0.2) is 0 Å². The van der Waals surface area contributed by atoms with E-state index >= 15 is 0 Å². The largest absolute Gasteiger partial charge is 0.386 e. The summed E-state index contributed by atoms with van der Waals surface area (Å²) in [7, 11) is 0. The molecule has 2 nitrogen and oxygen atoms in total. The first-order valence-corrected chi connectivity index (χ1v) is 9.14. The number of hydrogen-bond acceptors (Lipinski definition) is 2. The van der Waals surface area contributed by atoms with E-state index in [4.69, 9.17) is 4.84 Å². The Labute approximate surface area is 153 Å². The van der Waals surface area contributed by atoms with Gasteiger partial charge in [-0.05, 0) is 60.4 Å². The summed E-state index contributed by atoms with van der Waals surface area (Å²) in [4.78, 5) is 5.98. The second-order valence-electron chi connectivity index (χ2n) is 7.49. The van der Waals surface area contributed by atoms with E-state index in [9.17, 15) is 0 Å². The first-order valence-electron chi connectivity index (χ1n) is 9.14. The molecule has 0 N–H and O–H groups in total. The zero-order chi connectivity index (χ0) is 17.8. The lowest BCUT2D eigenvalue weighted by Crippen LogP contribution is -2.20. The predicted octanol–water partition coefficient (Wildman–Crippen LogP) is 5.88. The van der Waals surface area contributed by atoms with Crippen molar-refractivity contribution in [3.05, 3.63) is 88.0 Å². The van der Waals surface area contributed by atoms with Crippen molar-refractivity contribution in [1.82, 2.24) is 0 Å². The number of nitrogens with zero attached hydrogens (tertiary/aromatic N) is 1. The highest BCUT2D eigenvalue weighted by Crippen LogP contribution is 2.43. The Bertz CT molecular complexity index is 1080. The molecule has 3 aromatic rings. The van der Waals surface area contributed by atoms with Crippen LogP contribution in [0.3, 0.4) is 0 Å². The molecule has 0 bridgehead atoms. The molecule has 0 spiro atoms. The molecule has 5 rings (SSSR count). The van der Waals surface area contributed by atoms with Crippen LogP contribution >= 0.6 is 0 Å². The maximum Gasteiger partial charge on any atom is 0.165 e. The molecule has 3 aromatic carbocycles. The van der Waals surface area contributed by atoms with Gasteiger partial charge in [0.2, 0.25) is 0 Å². The van der Waals surface area contributed by atoms with Crippen LogP contribution < -0.4 is 0 Å². The minimum atomic E-state index is -0.0327. The van der Waals surface area contributed by atoms with Gasteiger partial charge in [0.1, 0.15) is 0 Å². The molecule has 2 aliphatic rings. The maximum absolute atomic E-state index is 5.98. The first kappa shape index (κ1) is 15.4. The van der Waals surface area contributed by atoms with E-state index in [1.165, 1.54) is 44.2 Å². The van der Waals surface area contributed by atoms with Crippen molar-refractivity contribution in [2.75, 3.05) is 0 Å². The van der Waals surface area contributed by atoms with Crippen molar-refractivity contribution in [1.29, 1.82) is 0 Å². The molecule has 128 valence electrons. The lowest BCUT2D eigenvalue weighted by Gasteiger charge is -2.24. The van der Waals surface area contributed by atoms with Crippen LogP contribution in [-0.2, 0) is 4.84 Å². The van der Waals surface area contributed by atoms with Gasteiger partial charge in [-0.3, -0.25) is 0 Å². The van der Waals surface area contributed by atoms with Crippen LogP contribution in [0.4, 0.5) is 0 Å². The lowest BCUT2D eigenvalue weighted by atomic mass is 9.80. The summed E-state index contributed by atoms with van der Waals surface area (Å²) in [5.41, 5.74) is 8.58. The van der Waals surface area contributed by atoms with Gasteiger partial charge in [0.25, 0.3) is 0 Å². The van der Waals surface area contributed by atoms with Gasteiger partial charge in [0.05, 0.1) is 11.6 Å². The molecular formula is C24H21NO. The van der Waals surface area contributed by atoms with Crippen molar-refractivity contribution in [2.24, 2.45) is 11.1 Å². The summed E-state index contributed by atoms with van der Waals surface area (Å²) < 4.78 is 0. The van der Waals surface area contributed by atoms with Crippen LogP contribution in [0.1, 0.15) is 39.5 Å². The molecule has 1 heterocycles.